The molecule has 1 rings (SSSR count). The van der Waals surface area contributed by atoms with Gasteiger partial charge in [0.1, 0.15) is 5.75 Å². The van der Waals surface area contributed by atoms with Crippen molar-refractivity contribution >= 4 is 29.5 Å². The fourth-order valence-electron chi connectivity index (χ4n) is 1.54. The van der Waals surface area contributed by atoms with Crippen LogP contribution >= 0.6 is 11.6 Å². The zero-order valence-corrected chi connectivity index (χ0v) is 14.4. The number of esters is 1. The molecule has 0 saturated heterocycles. The molecule has 1 aromatic rings. The van der Waals surface area contributed by atoms with E-state index < -0.39 is 24.5 Å². The summed E-state index contributed by atoms with van der Waals surface area (Å²) in [6.45, 7) is 3.61. The van der Waals surface area contributed by atoms with Crippen LogP contribution in [0.15, 0.2) is 24.3 Å². The quantitative estimate of drug-likeness (QED) is 0.696. The van der Waals surface area contributed by atoms with Gasteiger partial charge in [-0.25, -0.2) is 9.59 Å². The zero-order valence-electron chi connectivity index (χ0n) is 13.6. The van der Waals surface area contributed by atoms with Crippen molar-refractivity contribution in [2.24, 2.45) is 5.92 Å². The summed E-state index contributed by atoms with van der Waals surface area (Å²) >= 11 is 5.72. The molecule has 8 heteroatoms. The molecule has 0 aliphatic rings. The van der Waals surface area contributed by atoms with Gasteiger partial charge in [0.05, 0.1) is 0 Å². The van der Waals surface area contributed by atoms with Crippen molar-refractivity contribution in [3.8, 4) is 5.75 Å². The van der Waals surface area contributed by atoms with Gasteiger partial charge in [0.15, 0.2) is 13.2 Å². The lowest BCUT2D eigenvalue weighted by molar-refractivity contribution is -0.150. The Labute approximate surface area is 145 Å². The molecule has 0 atom stereocenters. The molecule has 0 fully saturated rings. The van der Waals surface area contributed by atoms with Crippen LogP contribution in [0.25, 0.3) is 0 Å². The van der Waals surface area contributed by atoms with Gasteiger partial charge in [-0.1, -0.05) is 25.4 Å². The first kappa shape index (κ1) is 19.8. The Morgan fingerprint density at radius 3 is 2.42 bits per heavy atom. The van der Waals surface area contributed by atoms with Crippen molar-refractivity contribution in [3.63, 3.8) is 0 Å². The molecule has 0 saturated carbocycles. The molecule has 0 aromatic heterocycles. The lowest BCUT2D eigenvalue weighted by atomic mass is 10.1. The van der Waals surface area contributed by atoms with Crippen LogP contribution in [0.1, 0.15) is 20.3 Å². The topological polar surface area (TPSA) is 93.7 Å². The van der Waals surface area contributed by atoms with Gasteiger partial charge >= 0.3 is 12.0 Å². The Bertz CT molecular complexity index is 560. The van der Waals surface area contributed by atoms with Gasteiger partial charge < -0.3 is 14.8 Å². The van der Waals surface area contributed by atoms with Crippen molar-refractivity contribution in [2.45, 2.75) is 20.3 Å². The molecule has 0 aliphatic carbocycles. The molecule has 0 spiro atoms. The molecule has 24 heavy (non-hydrogen) atoms. The van der Waals surface area contributed by atoms with E-state index in [2.05, 4.69) is 10.6 Å². The SMILES string of the molecule is CC(C)CCNC(=O)NC(=O)COC(=O)COc1ccc(Cl)cc1. The molecule has 7 nitrogen and oxygen atoms in total. The third-order valence-corrected chi connectivity index (χ3v) is 3.05. The highest BCUT2D eigenvalue weighted by molar-refractivity contribution is 6.30. The summed E-state index contributed by atoms with van der Waals surface area (Å²) in [7, 11) is 0. The van der Waals surface area contributed by atoms with Crippen LogP contribution in [0.4, 0.5) is 4.79 Å². The highest BCUT2D eigenvalue weighted by atomic mass is 35.5. The lowest BCUT2D eigenvalue weighted by Crippen LogP contribution is -2.42. The van der Waals surface area contributed by atoms with Gasteiger partial charge in [-0.3, -0.25) is 10.1 Å². The second kappa shape index (κ2) is 10.5. The summed E-state index contributed by atoms with van der Waals surface area (Å²) < 4.78 is 9.88. The molecule has 0 unspecified atom stereocenters. The van der Waals surface area contributed by atoms with Gasteiger partial charge in [-0.15, -0.1) is 0 Å². The number of rotatable bonds is 8. The predicted octanol–water partition coefficient (Wildman–Crippen LogP) is 2.13. The maximum Gasteiger partial charge on any atom is 0.344 e. The van der Waals surface area contributed by atoms with Crippen LogP contribution in [0, 0.1) is 5.92 Å². The van der Waals surface area contributed by atoms with Crippen LogP contribution in [0.5, 0.6) is 5.75 Å². The summed E-state index contributed by atoms with van der Waals surface area (Å²) in [6, 6.07) is 5.82. The summed E-state index contributed by atoms with van der Waals surface area (Å²) in [4.78, 5) is 34.3. The summed E-state index contributed by atoms with van der Waals surface area (Å²) in [5, 5.41) is 5.15. The largest absolute Gasteiger partial charge is 0.482 e. The van der Waals surface area contributed by atoms with Gasteiger partial charge in [0.25, 0.3) is 5.91 Å². The summed E-state index contributed by atoms with van der Waals surface area (Å²) in [6.07, 6.45) is 0.804. The second-order valence-electron chi connectivity index (χ2n) is 5.39. The standard InChI is InChI=1S/C16H21ClN2O5/c1-11(2)7-8-18-16(22)19-14(20)9-24-15(21)10-23-13-5-3-12(17)4-6-13/h3-6,11H,7-10H2,1-2H3,(H2,18,19,20,22). The fourth-order valence-corrected chi connectivity index (χ4v) is 1.67. The van der Waals surface area contributed by atoms with Crippen LogP contribution in [-0.2, 0) is 14.3 Å². The normalized spacial score (nSPS) is 10.2. The van der Waals surface area contributed by atoms with Crippen LogP contribution in [0.2, 0.25) is 5.02 Å². The van der Waals surface area contributed by atoms with Crippen LogP contribution in [-0.4, -0.2) is 37.7 Å². The van der Waals surface area contributed by atoms with Crippen molar-refractivity contribution in [1.29, 1.82) is 0 Å². The maximum atomic E-state index is 11.5. The molecular formula is C16H21ClN2O5. The Morgan fingerprint density at radius 1 is 1.12 bits per heavy atom. The van der Waals surface area contributed by atoms with Gasteiger partial charge in [0, 0.05) is 11.6 Å². The lowest BCUT2D eigenvalue weighted by Gasteiger charge is -2.09. The molecule has 3 amide bonds. The maximum absolute atomic E-state index is 11.5. The van der Waals surface area contributed by atoms with E-state index in [1.54, 1.807) is 24.3 Å². The highest BCUT2D eigenvalue weighted by Crippen LogP contribution is 2.15. The Morgan fingerprint density at radius 2 is 1.79 bits per heavy atom. The molecule has 2 N–H and O–H groups in total. The van der Waals surface area contributed by atoms with Gasteiger partial charge in [-0.2, -0.15) is 0 Å². The number of urea groups is 1. The molecular weight excluding hydrogens is 336 g/mol. The summed E-state index contributed by atoms with van der Waals surface area (Å²) in [5.74, 6) is -0.537. The molecule has 132 valence electrons. The second-order valence-corrected chi connectivity index (χ2v) is 5.83. The van der Waals surface area contributed by atoms with E-state index in [-0.39, 0.29) is 6.61 Å². The van der Waals surface area contributed by atoms with E-state index in [4.69, 9.17) is 21.1 Å². The first-order valence-electron chi connectivity index (χ1n) is 7.48. The summed E-state index contributed by atoms with van der Waals surface area (Å²) in [5.41, 5.74) is 0. The first-order chi connectivity index (χ1) is 11.4. The third-order valence-electron chi connectivity index (χ3n) is 2.79. The molecule has 0 aliphatic heterocycles. The average Bonchev–Trinajstić information content (AvgIpc) is 2.52. The van der Waals surface area contributed by atoms with Gasteiger partial charge in [0.2, 0.25) is 0 Å². The molecule has 1 aromatic carbocycles. The zero-order chi connectivity index (χ0) is 17.9. The minimum absolute atomic E-state index is 0.352. The number of halogens is 1. The highest BCUT2D eigenvalue weighted by Gasteiger charge is 2.11. The van der Waals surface area contributed by atoms with E-state index in [0.717, 1.165) is 6.42 Å². The number of carbonyl (C=O) groups excluding carboxylic acids is 3. The number of benzene rings is 1. The number of ether oxygens (including phenoxy) is 2. The number of amides is 3. The molecule has 0 bridgehead atoms. The van der Waals surface area contributed by atoms with Crippen molar-refractivity contribution in [3.05, 3.63) is 29.3 Å². The third kappa shape index (κ3) is 8.99. The van der Waals surface area contributed by atoms with Crippen LogP contribution in [0.3, 0.4) is 0 Å². The minimum Gasteiger partial charge on any atom is -0.482 e. The van der Waals surface area contributed by atoms with Crippen molar-refractivity contribution < 1.29 is 23.9 Å². The first-order valence-corrected chi connectivity index (χ1v) is 7.86. The number of carbonyl (C=O) groups is 3. The van der Waals surface area contributed by atoms with Crippen molar-refractivity contribution in [2.75, 3.05) is 19.8 Å². The average molecular weight is 357 g/mol. The Kier molecular flexibility index (Phi) is 8.64. The number of hydrogen-bond acceptors (Lipinski definition) is 5. The smallest absolute Gasteiger partial charge is 0.344 e. The number of imide groups is 1. The van der Waals surface area contributed by atoms with E-state index >= 15 is 0 Å². The predicted molar refractivity (Wildman–Crippen MR) is 88.9 cm³/mol. The Balaban J connectivity index is 2.17. The van der Waals surface area contributed by atoms with Crippen molar-refractivity contribution in [1.82, 2.24) is 10.6 Å². The molecule has 0 heterocycles. The number of nitrogens with one attached hydrogen (secondary N) is 2. The Hall–Kier alpha value is -2.28. The fraction of sp³-hybridized carbons (Fsp3) is 0.438. The van der Waals surface area contributed by atoms with E-state index in [1.165, 1.54) is 0 Å². The van der Waals surface area contributed by atoms with E-state index in [0.29, 0.717) is 23.2 Å². The number of hydrogen-bond donors (Lipinski definition) is 2. The minimum atomic E-state index is -0.722. The van der Waals surface area contributed by atoms with E-state index in [1.807, 2.05) is 13.8 Å². The molecule has 0 radical (unpaired) electrons. The van der Waals surface area contributed by atoms with E-state index in [9.17, 15) is 14.4 Å². The monoisotopic (exact) mass is 356 g/mol. The van der Waals surface area contributed by atoms with Gasteiger partial charge in [-0.05, 0) is 36.6 Å². The van der Waals surface area contributed by atoms with Crippen LogP contribution < -0.4 is 15.4 Å².